The first-order chi connectivity index (χ1) is 10.4. The lowest BCUT2D eigenvalue weighted by molar-refractivity contribution is 0.138. The van der Waals surface area contributed by atoms with Gasteiger partial charge in [0.25, 0.3) is 0 Å². The van der Waals surface area contributed by atoms with Crippen LogP contribution in [-0.4, -0.2) is 32.4 Å². The van der Waals surface area contributed by atoms with Crippen LogP contribution in [0.15, 0.2) is 29.7 Å². The summed E-state index contributed by atoms with van der Waals surface area (Å²) in [6.07, 6.45) is 9.69. The highest BCUT2D eigenvalue weighted by Crippen LogP contribution is 2.33. The number of aryl methyl sites for hydroxylation is 1. The van der Waals surface area contributed by atoms with Crippen molar-refractivity contribution in [2.24, 2.45) is 0 Å². The van der Waals surface area contributed by atoms with Gasteiger partial charge in [-0.15, -0.1) is 6.58 Å². The Bertz CT molecular complexity index is 648. The van der Waals surface area contributed by atoms with E-state index in [-0.39, 0.29) is 18.1 Å². The molecule has 0 aliphatic carbocycles. The second kappa shape index (κ2) is 5.11. The Labute approximate surface area is 122 Å². The number of imidazole rings is 1. The molecule has 0 bridgehead atoms. The van der Waals surface area contributed by atoms with Gasteiger partial charge in [-0.2, -0.15) is 4.98 Å². The first kappa shape index (κ1) is 12.8. The van der Waals surface area contributed by atoms with Crippen LogP contribution in [-0.2, 0) is 11.2 Å². The minimum absolute atomic E-state index is 0.00869. The molecule has 0 radical (unpaired) electrons. The van der Waals surface area contributed by atoms with Crippen molar-refractivity contribution in [1.82, 2.24) is 19.7 Å². The third kappa shape index (κ3) is 2.10. The number of hydrogen-bond donors (Lipinski definition) is 0. The summed E-state index contributed by atoms with van der Waals surface area (Å²) in [4.78, 5) is 8.87. The van der Waals surface area contributed by atoms with Gasteiger partial charge in [-0.05, 0) is 25.7 Å². The van der Waals surface area contributed by atoms with Crippen LogP contribution in [0.4, 0.5) is 0 Å². The van der Waals surface area contributed by atoms with Crippen LogP contribution in [0.3, 0.4) is 0 Å². The van der Waals surface area contributed by atoms with Crippen molar-refractivity contribution in [3.8, 4) is 0 Å². The Morgan fingerprint density at radius 2 is 2.33 bits per heavy atom. The van der Waals surface area contributed by atoms with Gasteiger partial charge < -0.3 is 13.8 Å². The molecule has 0 amide bonds. The molecule has 4 heterocycles. The standard InChI is InChI=1S/C15H18N4O2/c1-2-13-11(6-7-20-13)14-17-15(21-18-14)12-5-3-4-10-8-16-9-19(10)12/h2,8-9,11-13H,1,3-7H2/t11-,12?,13+/m1/s1. The van der Waals surface area contributed by atoms with E-state index in [1.54, 1.807) is 0 Å². The van der Waals surface area contributed by atoms with Crippen molar-refractivity contribution in [3.63, 3.8) is 0 Å². The molecular formula is C15H18N4O2. The predicted octanol–water partition coefficient (Wildman–Crippen LogP) is 2.25. The van der Waals surface area contributed by atoms with Gasteiger partial charge in [-0.1, -0.05) is 11.2 Å². The van der Waals surface area contributed by atoms with E-state index >= 15 is 0 Å². The van der Waals surface area contributed by atoms with Gasteiger partial charge in [0.2, 0.25) is 5.89 Å². The fourth-order valence-electron chi connectivity index (χ4n) is 3.32. The summed E-state index contributed by atoms with van der Waals surface area (Å²) in [6.45, 7) is 4.54. The van der Waals surface area contributed by atoms with Crippen molar-refractivity contribution in [2.75, 3.05) is 6.61 Å². The summed E-state index contributed by atoms with van der Waals surface area (Å²) >= 11 is 0. The van der Waals surface area contributed by atoms with Crippen LogP contribution in [0.2, 0.25) is 0 Å². The lowest BCUT2D eigenvalue weighted by Gasteiger charge is -2.22. The summed E-state index contributed by atoms with van der Waals surface area (Å²) in [5.41, 5.74) is 1.24. The van der Waals surface area contributed by atoms with E-state index in [1.165, 1.54) is 5.69 Å². The van der Waals surface area contributed by atoms with Crippen molar-refractivity contribution < 1.29 is 9.26 Å². The highest BCUT2D eigenvalue weighted by Gasteiger charge is 2.33. The third-order valence-corrected chi connectivity index (χ3v) is 4.43. The molecule has 1 fully saturated rings. The molecule has 6 heteroatoms. The average molecular weight is 286 g/mol. The highest BCUT2D eigenvalue weighted by atomic mass is 16.5. The number of rotatable bonds is 3. The largest absolute Gasteiger partial charge is 0.373 e. The van der Waals surface area contributed by atoms with E-state index in [0.29, 0.717) is 5.89 Å². The summed E-state index contributed by atoms with van der Waals surface area (Å²) in [6, 6.07) is 0.113. The number of hydrogen-bond acceptors (Lipinski definition) is 5. The number of nitrogens with zero attached hydrogens (tertiary/aromatic N) is 4. The number of fused-ring (bicyclic) bond motifs is 1. The quantitative estimate of drug-likeness (QED) is 0.810. The van der Waals surface area contributed by atoms with Crippen molar-refractivity contribution >= 4 is 0 Å². The zero-order valence-electron chi connectivity index (χ0n) is 11.8. The molecule has 3 atom stereocenters. The number of aromatic nitrogens is 4. The molecule has 2 aliphatic rings. The van der Waals surface area contributed by atoms with Crippen LogP contribution in [0.5, 0.6) is 0 Å². The Hall–Kier alpha value is -1.95. The van der Waals surface area contributed by atoms with Crippen molar-refractivity contribution in [1.29, 1.82) is 0 Å². The summed E-state index contributed by atoms with van der Waals surface area (Å²) in [7, 11) is 0. The zero-order chi connectivity index (χ0) is 14.2. The van der Waals surface area contributed by atoms with Gasteiger partial charge >= 0.3 is 0 Å². The van der Waals surface area contributed by atoms with E-state index < -0.39 is 0 Å². The van der Waals surface area contributed by atoms with E-state index in [4.69, 9.17) is 9.26 Å². The molecule has 0 N–H and O–H groups in total. The number of ether oxygens (including phenoxy) is 1. The normalized spacial score (nSPS) is 28.5. The van der Waals surface area contributed by atoms with Gasteiger partial charge in [-0.25, -0.2) is 4.98 Å². The average Bonchev–Trinajstić information content (AvgIpc) is 3.24. The molecule has 2 aromatic rings. The van der Waals surface area contributed by atoms with E-state index in [9.17, 15) is 0 Å². The molecule has 2 aromatic heterocycles. The fraction of sp³-hybridized carbons (Fsp3) is 0.533. The second-order valence-corrected chi connectivity index (χ2v) is 5.66. The van der Waals surface area contributed by atoms with E-state index in [0.717, 1.165) is 38.1 Å². The molecular weight excluding hydrogens is 268 g/mol. The topological polar surface area (TPSA) is 66.0 Å². The predicted molar refractivity (Wildman–Crippen MR) is 74.9 cm³/mol. The Balaban J connectivity index is 1.62. The summed E-state index contributed by atoms with van der Waals surface area (Å²) in [5.74, 6) is 1.57. The van der Waals surface area contributed by atoms with E-state index in [2.05, 4.69) is 26.3 Å². The van der Waals surface area contributed by atoms with Gasteiger partial charge in [0.1, 0.15) is 6.04 Å². The molecule has 2 aliphatic heterocycles. The van der Waals surface area contributed by atoms with Crippen molar-refractivity contribution in [3.05, 3.63) is 42.6 Å². The molecule has 1 saturated heterocycles. The lowest BCUT2D eigenvalue weighted by Crippen LogP contribution is -2.18. The maximum Gasteiger partial charge on any atom is 0.249 e. The Kier molecular flexibility index (Phi) is 3.11. The molecule has 0 spiro atoms. The first-order valence-electron chi connectivity index (χ1n) is 7.45. The Morgan fingerprint density at radius 1 is 1.38 bits per heavy atom. The smallest absolute Gasteiger partial charge is 0.249 e. The first-order valence-corrected chi connectivity index (χ1v) is 7.45. The monoisotopic (exact) mass is 286 g/mol. The molecule has 6 nitrogen and oxygen atoms in total. The summed E-state index contributed by atoms with van der Waals surface area (Å²) < 4.78 is 13.3. The molecule has 110 valence electrons. The molecule has 21 heavy (non-hydrogen) atoms. The minimum Gasteiger partial charge on any atom is -0.373 e. The van der Waals surface area contributed by atoms with Crippen molar-refractivity contribution in [2.45, 2.75) is 43.7 Å². The van der Waals surface area contributed by atoms with E-state index in [1.807, 2.05) is 18.6 Å². The van der Waals surface area contributed by atoms with Crippen LogP contribution in [0.1, 0.15) is 48.6 Å². The van der Waals surface area contributed by atoms with Gasteiger partial charge in [0.05, 0.1) is 18.3 Å². The van der Waals surface area contributed by atoms with Crippen LogP contribution < -0.4 is 0 Å². The molecule has 4 rings (SSSR count). The SMILES string of the molecule is C=C[C@@H]1OCC[C@H]1c1noc(C2CCCc3cncn32)n1. The fourth-order valence-corrected chi connectivity index (χ4v) is 3.32. The highest BCUT2D eigenvalue weighted by molar-refractivity contribution is 5.12. The zero-order valence-corrected chi connectivity index (χ0v) is 11.8. The lowest BCUT2D eigenvalue weighted by atomic mass is 10.0. The Morgan fingerprint density at radius 3 is 3.24 bits per heavy atom. The molecule has 0 saturated carbocycles. The van der Waals surface area contributed by atoms with Crippen LogP contribution in [0.25, 0.3) is 0 Å². The van der Waals surface area contributed by atoms with Gasteiger partial charge in [-0.3, -0.25) is 0 Å². The molecule has 1 unspecified atom stereocenters. The molecule has 0 aromatic carbocycles. The maximum atomic E-state index is 5.61. The minimum atomic E-state index is -0.00869. The van der Waals surface area contributed by atoms with Gasteiger partial charge in [0.15, 0.2) is 5.82 Å². The van der Waals surface area contributed by atoms with Crippen LogP contribution >= 0.6 is 0 Å². The van der Waals surface area contributed by atoms with Crippen LogP contribution in [0, 0.1) is 0 Å². The second-order valence-electron chi connectivity index (χ2n) is 5.66. The third-order valence-electron chi connectivity index (χ3n) is 4.43. The summed E-state index contributed by atoms with van der Waals surface area (Å²) in [5, 5.41) is 4.18. The maximum absolute atomic E-state index is 5.61. The van der Waals surface area contributed by atoms with Gasteiger partial charge in [0, 0.05) is 18.5 Å².